The number of nitrogens with one attached hydrogen (secondary N) is 1. The Kier molecular flexibility index (Phi) is 7.91. The van der Waals surface area contributed by atoms with Gasteiger partial charge in [0, 0.05) is 19.0 Å². The number of carbonyl (C=O) groups is 1. The van der Waals surface area contributed by atoms with Crippen molar-refractivity contribution in [2.45, 2.75) is 39.2 Å². The fourth-order valence-corrected chi connectivity index (χ4v) is 2.98. The van der Waals surface area contributed by atoms with Gasteiger partial charge in [0.2, 0.25) is 5.91 Å². The van der Waals surface area contributed by atoms with Gasteiger partial charge in [-0.25, -0.2) is 0 Å². The van der Waals surface area contributed by atoms with Crippen LogP contribution in [0.15, 0.2) is 30.3 Å². The van der Waals surface area contributed by atoms with Crippen LogP contribution in [0.1, 0.15) is 44.7 Å². The third kappa shape index (κ3) is 4.72. The van der Waals surface area contributed by atoms with E-state index in [1.54, 1.807) is 0 Å². The lowest BCUT2D eigenvalue weighted by atomic mass is 9.84. The van der Waals surface area contributed by atoms with E-state index in [4.69, 9.17) is 0 Å². The van der Waals surface area contributed by atoms with Crippen LogP contribution in [0.25, 0.3) is 0 Å². The van der Waals surface area contributed by atoms with Gasteiger partial charge in [0.1, 0.15) is 0 Å². The van der Waals surface area contributed by atoms with Crippen LogP contribution < -0.4 is 5.32 Å². The van der Waals surface area contributed by atoms with Gasteiger partial charge in [-0.05, 0) is 38.3 Å². The third-order valence-corrected chi connectivity index (χ3v) is 4.64. The molecular formula is C18H29ClN2O. The van der Waals surface area contributed by atoms with Crippen LogP contribution in [0.2, 0.25) is 0 Å². The summed E-state index contributed by atoms with van der Waals surface area (Å²) in [7, 11) is 1.90. The fourth-order valence-electron chi connectivity index (χ4n) is 2.98. The second-order valence-corrected chi connectivity index (χ2v) is 6.33. The molecule has 1 aliphatic carbocycles. The van der Waals surface area contributed by atoms with Crippen LogP contribution in [-0.2, 0) is 4.79 Å². The summed E-state index contributed by atoms with van der Waals surface area (Å²) in [6.07, 6.45) is 3.86. The monoisotopic (exact) mass is 324 g/mol. The molecule has 2 atom stereocenters. The molecule has 22 heavy (non-hydrogen) atoms. The van der Waals surface area contributed by atoms with Crippen molar-refractivity contribution in [2.24, 2.45) is 11.8 Å². The van der Waals surface area contributed by atoms with Gasteiger partial charge >= 0.3 is 0 Å². The lowest BCUT2D eigenvalue weighted by molar-refractivity contribution is -0.138. The number of amides is 1. The van der Waals surface area contributed by atoms with Gasteiger partial charge in [0.05, 0.1) is 6.04 Å². The third-order valence-electron chi connectivity index (χ3n) is 4.64. The van der Waals surface area contributed by atoms with Crippen LogP contribution in [0, 0.1) is 11.8 Å². The number of nitrogens with zero attached hydrogens (tertiary/aromatic N) is 1. The highest BCUT2D eigenvalue weighted by atomic mass is 35.5. The zero-order valence-electron chi connectivity index (χ0n) is 13.9. The van der Waals surface area contributed by atoms with E-state index in [2.05, 4.69) is 41.4 Å². The van der Waals surface area contributed by atoms with Gasteiger partial charge in [-0.1, -0.05) is 43.7 Å². The van der Waals surface area contributed by atoms with Crippen molar-refractivity contribution in [3.8, 4) is 0 Å². The van der Waals surface area contributed by atoms with Gasteiger partial charge < -0.3 is 10.2 Å². The predicted octanol–water partition coefficient (Wildman–Crippen LogP) is 3.65. The summed E-state index contributed by atoms with van der Waals surface area (Å²) in [5.41, 5.74) is 1.22. The molecule has 124 valence electrons. The number of carbonyl (C=O) groups excluding carboxylic acids is 1. The predicted molar refractivity (Wildman–Crippen MR) is 94.2 cm³/mol. The summed E-state index contributed by atoms with van der Waals surface area (Å²) in [6, 6.07) is 10.5. The Hall–Kier alpha value is -1.06. The molecule has 0 bridgehead atoms. The van der Waals surface area contributed by atoms with Crippen LogP contribution in [0.4, 0.5) is 0 Å². The van der Waals surface area contributed by atoms with Crippen LogP contribution in [-0.4, -0.2) is 30.9 Å². The Morgan fingerprint density at radius 1 is 1.27 bits per heavy atom. The van der Waals surface area contributed by atoms with Crippen molar-refractivity contribution < 1.29 is 4.79 Å². The smallest absolute Gasteiger partial charge is 0.227 e. The molecule has 3 nitrogen and oxygen atoms in total. The Morgan fingerprint density at radius 3 is 2.41 bits per heavy atom. The number of hydrogen-bond donors (Lipinski definition) is 1. The van der Waals surface area contributed by atoms with Gasteiger partial charge in [-0.3, -0.25) is 4.79 Å². The summed E-state index contributed by atoms with van der Waals surface area (Å²) >= 11 is 0. The number of hydrogen-bond acceptors (Lipinski definition) is 2. The van der Waals surface area contributed by atoms with E-state index < -0.39 is 0 Å². The second kappa shape index (κ2) is 9.16. The highest BCUT2D eigenvalue weighted by Gasteiger charge is 2.29. The van der Waals surface area contributed by atoms with Crippen LogP contribution in [0.5, 0.6) is 0 Å². The van der Waals surface area contributed by atoms with Crippen LogP contribution in [0.3, 0.4) is 0 Å². The molecule has 0 radical (unpaired) electrons. The molecule has 1 N–H and O–H groups in total. The zero-order valence-corrected chi connectivity index (χ0v) is 14.7. The topological polar surface area (TPSA) is 32.3 Å². The Morgan fingerprint density at radius 2 is 1.91 bits per heavy atom. The fraction of sp³-hybridized carbons (Fsp3) is 0.611. The van der Waals surface area contributed by atoms with Crippen molar-refractivity contribution >= 4 is 18.3 Å². The molecule has 1 aromatic rings. The highest BCUT2D eigenvalue weighted by Crippen LogP contribution is 2.31. The highest BCUT2D eigenvalue weighted by molar-refractivity contribution is 5.85. The average Bonchev–Trinajstić information content (AvgIpc) is 2.46. The lowest BCUT2D eigenvalue weighted by Crippen LogP contribution is -2.43. The molecule has 1 fully saturated rings. The van der Waals surface area contributed by atoms with E-state index in [0.717, 1.165) is 13.1 Å². The zero-order chi connectivity index (χ0) is 15.2. The molecule has 2 rings (SSSR count). The summed E-state index contributed by atoms with van der Waals surface area (Å²) in [5.74, 6) is 0.996. The maximum atomic E-state index is 12.8. The van der Waals surface area contributed by atoms with E-state index in [1.807, 2.05) is 20.0 Å². The SMILES string of the molecule is CNCC(C)C(=O)N(CC1CCC1)C(C)c1ccccc1.Cl. The summed E-state index contributed by atoms with van der Waals surface area (Å²) in [5, 5.41) is 3.12. The number of halogens is 1. The Bertz CT molecular complexity index is 448. The van der Waals surface area contributed by atoms with Crippen molar-refractivity contribution in [3.63, 3.8) is 0 Å². The Labute approximate surface area is 140 Å². The molecule has 0 aromatic heterocycles. The van der Waals surface area contributed by atoms with Gasteiger partial charge in [-0.15, -0.1) is 12.4 Å². The quantitative estimate of drug-likeness (QED) is 0.830. The normalized spacial score (nSPS) is 17.0. The first-order chi connectivity index (χ1) is 10.1. The minimum atomic E-state index is 0. The van der Waals surface area contributed by atoms with Crippen LogP contribution >= 0.6 is 12.4 Å². The lowest BCUT2D eigenvalue weighted by Gasteiger charge is -2.37. The molecular weight excluding hydrogens is 296 g/mol. The van der Waals surface area contributed by atoms with Crippen molar-refractivity contribution in [3.05, 3.63) is 35.9 Å². The standard InChI is InChI=1S/C18H28N2O.ClH/c1-14(12-19-3)18(21)20(13-16-8-7-9-16)15(2)17-10-5-4-6-11-17;/h4-6,10-11,14-16,19H,7-9,12-13H2,1-3H3;1H. The average molecular weight is 325 g/mol. The van der Waals surface area contributed by atoms with E-state index in [9.17, 15) is 4.79 Å². The number of rotatable bonds is 7. The van der Waals surface area contributed by atoms with E-state index >= 15 is 0 Å². The van der Waals surface area contributed by atoms with Gasteiger partial charge in [-0.2, -0.15) is 0 Å². The first-order valence-electron chi connectivity index (χ1n) is 8.13. The van der Waals surface area contributed by atoms with E-state index in [0.29, 0.717) is 5.92 Å². The molecule has 0 spiro atoms. The summed E-state index contributed by atoms with van der Waals surface area (Å²) in [6.45, 7) is 5.81. The molecule has 0 aliphatic heterocycles. The van der Waals surface area contributed by atoms with Crippen molar-refractivity contribution in [1.82, 2.24) is 10.2 Å². The first-order valence-corrected chi connectivity index (χ1v) is 8.13. The molecule has 2 unspecified atom stereocenters. The van der Waals surface area contributed by atoms with Gasteiger partial charge in [0.25, 0.3) is 0 Å². The van der Waals surface area contributed by atoms with Crippen molar-refractivity contribution in [1.29, 1.82) is 0 Å². The maximum Gasteiger partial charge on any atom is 0.227 e. The molecule has 1 aliphatic rings. The molecule has 0 saturated heterocycles. The number of benzene rings is 1. The maximum absolute atomic E-state index is 12.8. The minimum Gasteiger partial charge on any atom is -0.335 e. The van der Waals surface area contributed by atoms with E-state index in [-0.39, 0.29) is 30.3 Å². The summed E-state index contributed by atoms with van der Waals surface area (Å²) in [4.78, 5) is 14.9. The van der Waals surface area contributed by atoms with Crippen molar-refractivity contribution in [2.75, 3.05) is 20.1 Å². The van der Waals surface area contributed by atoms with Gasteiger partial charge in [0.15, 0.2) is 0 Å². The minimum absolute atomic E-state index is 0. The molecule has 1 saturated carbocycles. The molecule has 4 heteroatoms. The van der Waals surface area contributed by atoms with E-state index in [1.165, 1.54) is 24.8 Å². The first kappa shape index (κ1) is 19.0. The molecule has 1 aromatic carbocycles. The molecule has 0 heterocycles. The molecule has 1 amide bonds. The second-order valence-electron chi connectivity index (χ2n) is 6.33. The largest absolute Gasteiger partial charge is 0.335 e. The Balaban J connectivity index is 0.00000242. The summed E-state index contributed by atoms with van der Waals surface area (Å²) < 4.78 is 0.